The van der Waals surface area contributed by atoms with Crippen molar-refractivity contribution in [1.29, 1.82) is 0 Å². The summed E-state index contributed by atoms with van der Waals surface area (Å²) in [6.07, 6.45) is -0.521. The predicted octanol–water partition coefficient (Wildman–Crippen LogP) is 0.976. The Morgan fingerprint density at radius 3 is 2.70 bits per heavy atom. The van der Waals surface area contributed by atoms with Crippen LogP contribution in [0.3, 0.4) is 0 Å². The van der Waals surface area contributed by atoms with Gasteiger partial charge in [0.2, 0.25) is 5.91 Å². The number of thiophene rings is 1. The molecule has 1 fully saturated rings. The van der Waals surface area contributed by atoms with E-state index in [0.29, 0.717) is 26.2 Å². The Hall–Kier alpha value is -1.24. The summed E-state index contributed by atoms with van der Waals surface area (Å²) in [5, 5.41) is 11.9. The molecule has 0 radical (unpaired) electrons. The van der Waals surface area contributed by atoms with E-state index in [1.807, 2.05) is 11.4 Å². The first-order valence-corrected chi connectivity index (χ1v) is 7.58. The Morgan fingerprint density at radius 2 is 2.10 bits per heavy atom. The monoisotopic (exact) mass is 296 g/mol. The molecule has 1 aliphatic rings. The summed E-state index contributed by atoms with van der Waals surface area (Å²) >= 11 is 1.45. The van der Waals surface area contributed by atoms with Gasteiger partial charge < -0.3 is 10.0 Å². The first kappa shape index (κ1) is 15.2. The molecule has 0 unspecified atom stereocenters. The number of hydrogen-bond acceptors (Lipinski definition) is 5. The summed E-state index contributed by atoms with van der Waals surface area (Å²) in [4.78, 5) is 27.3. The van der Waals surface area contributed by atoms with Crippen molar-refractivity contribution >= 4 is 23.0 Å². The van der Waals surface area contributed by atoms with Crippen LogP contribution >= 0.6 is 11.3 Å². The first-order chi connectivity index (χ1) is 9.45. The molecule has 1 aromatic heterocycles. The van der Waals surface area contributed by atoms with Crippen molar-refractivity contribution in [2.45, 2.75) is 26.5 Å². The van der Waals surface area contributed by atoms with Gasteiger partial charge in [-0.05, 0) is 23.9 Å². The Morgan fingerprint density at radius 1 is 1.35 bits per heavy atom. The minimum Gasteiger partial charge on any atom is -0.390 e. The van der Waals surface area contributed by atoms with Crippen LogP contribution in [0, 0.1) is 0 Å². The lowest BCUT2D eigenvalue weighted by Crippen LogP contribution is -2.36. The third-order valence-electron chi connectivity index (χ3n) is 3.44. The molecule has 2 rings (SSSR count). The van der Waals surface area contributed by atoms with Gasteiger partial charge in [0.25, 0.3) is 0 Å². The Labute approximate surface area is 122 Å². The topological polar surface area (TPSA) is 60.9 Å². The number of nitrogens with zero attached hydrogens (tertiary/aromatic N) is 2. The highest BCUT2D eigenvalue weighted by atomic mass is 32.1. The Balaban J connectivity index is 1.98. The highest BCUT2D eigenvalue weighted by molar-refractivity contribution is 7.12. The number of rotatable bonds is 3. The SMILES string of the molecule is CC(=O)c1cc(CN2CCN(C(C)=O)C[C@H](O)C2)cs1. The average Bonchev–Trinajstić information content (AvgIpc) is 2.74. The summed E-state index contributed by atoms with van der Waals surface area (Å²) in [6.45, 7) is 6.12. The smallest absolute Gasteiger partial charge is 0.219 e. The number of Topliss-reactive ketones (excluding diaryl/α,β-unsaturated/α-hetero) is 1. The van der Waals surface area contributed by atoms with Crippen LogP contribution in [0.15, 0.2) is 11.4 Å². The molecule has 1 saturated heterocycles. The van der Waals surface area contributed by atoms with Crippen molar-refractivity contribution in [3.05, 3.63) is 21.9 Å². The van der Waals surface area contributed by atoms with E-state index >= 15 is 0 Å². The maximum absolute atomic E-state index is 11.4. The molecule has 0 saturated carbocycles. The van der Waals surface area contributed by atoms with Gasteiger partial charge in [0.15, 0.2) is 5.78 Å². The molecule has 2 heterocycles. The third kappa shape index (κ3) is 3.88. The minimum absolute atomic E-state index is 0.000277. The van der Waals surface area contributed by atoms with Crippen molar-refractivity contribution in [3.8, 4) is 0 Å². The third-order valence-corrected chi connectivity index (χ3v) is 4.52. The Bertz CT molecular complexity index is 500. The molecule has 1 amide bonds. The molecule has 1 aromatic rings. The molecular weight excluding hydrogens is 276 g/mol. The highest BCUT2D eigenvalue weighted by Crippen LogP contribution is 2.18. The number of aliphatic hydroxyl groups excluding tert-OH is 1. The van der Waals surface area contributed by atoms with Gasteiger partial charge in [0.1, 0.15) is 0 Å². The number of ketones is 1. The van der Waals surface area contributed by atoms with Gasteiger partial charge in [-0.2, -0.15) is 0 Å². The normalized spacial score (nSPS) is 20.8. The van der Waals surface area contributed by atoms with Gasteiger partial charge in [-0.25, -0.2) is 0 Å². The maximum Gasteiger partial charge on any atom is 0.219 e. The molecule has 0 bridgehead atoms. The molecule has 0 aliphatic carbocycles. The van der Waals surface area contributed by atoms with E-state index in [1.54, 1.807) is 11.8 Å². The fourth-order valence-electron chi connectivity index (χ4n) is 2.39. The molecule has 20 heavy (non-hydrogen) atoms. The second kappa shape index (κ2) is 6.47. The van der Waals surface area contributed by atoms with Crippen LogP contribution in [-0.4, -0.2) is 58.9 Å². The largest absolute Gasteiger partial charge is 0.390 e. The lowest BCUT2D eigenvalue weighted by molar-refractivity contribution is -0.129. The van der Waals surface area contributed by atoms with E-state index in [2.05, 4.69) is 4.90 Å². The summed E-state index contributed by atoms with van der Waals surface area (Å²) in [6, 6.07) is 1.91. The van der Waals surface area contributed by atoms with Gasteiger partial charge in [-0.3, -0.25) is 14.5 Å². The molecule has 1 N–H and O–H groups in total. The maximum atomic E-state index is 11.4. The van der Waals surface area contributed by atoms with Crippen molar-refractivity contribution < 1.29 is 14.7 Å². The molecular formula is C14H20N2O3S. The summed E-state index contributed by atoms with van der Waals surface area (Å²) in [7, 11) is 0. The summed E-state index contributed by atoms with van der Waals surface area (Å²) in [5.41, 5.74) is 1.09. The average molecular weight is 296 g/mol. The van der Waals surface area contributed by atoms with Crippen LogP contribution in [0.1, 0.15) is 29.1 Å². The predicted molar refractivity (Wildman–Crippen MR) is 77.9 cm³/mol. The lowest BCUT2D eigenvalue weighted by Gasteiger charge is -2.20. The number of hydrogen-bond donors (Lipinski definition) is 1. The van der Waals surface area contributed by atoms with Gasteiger partial charge in [0, 0.05) is 39.6 Å². The van der Waals surface area contributed by atoms with E-state index in [-0.39, 0.29) is 11.7 Å². The van der Waals surface area contributed by atoms with Crippen LogP contribution in [0.4, 0.5) is 0 Å². The van der Waals surface area contributed by atoms with Crippen molar-refractivity contribution in [1.82, 2.24) is 9.80 Å². The van der Waals surface area contributed by atoms with Crippen LogP contribution < -0.4 is 0 Å². The van der Waals surface area contributed by atoms with Crippen molar-refractivity contribution in [2.24, 2.45) is 0 Å². The summed E-state index contributed by atoms with van der Waals surface area (Å²) < 4.78 is 0. The number of amides is 1. The van der Waals surface area contributed by atoms with E-state index in [0.717, 1.165) is 17.0 Å². The highest BCUT2D eigenvalue weighted by Gasteiger charge is 2.22. The molecule has 1 aliphatic heterocycles. The fourth-order valence-corrected chi connectivity index (χ4v) is 3.19. The van der Waals surface area contributed by atoms with Gasteiger partial charge in [0.05, 0.1) is 11.0 Å². The molecule has 0 aromatic carbocycles. The molecule has 0 spiro atoms. The number of carbonyl (C=O) groups is 2. The molecule has 5 nitrogen and oxygen atoms in total. The number of aliphatic hydroxyl groups is 1. The van der Waals surface area contributed by atoms with Gasteiger partial charge in [-0.1, -0.05) is 0 Å². The number of β-amino-alcohol motifs (C(OH)–C–C–N with tert-alkyl or cyclic N) is 1. The van der Waals surface area contributed by atoms with Crippen LogP contribution in [-0.2, 0) is 11.3 Å². The zero-order chi connectivity index (χ0) is 14.7. The van der Waals surface area contributed by atoms with Crippen molar-refractivity contribution in [3.63, 3.8) is 0 Å². The second-order valence-corrected chi connectivity index (χ2v) is 6.14. The van der Waals surface area contributed by atoms with Crippen LogP contribution in [0.25, 0.3) is 0 Å². The fraction of sp³-hybridized carbons (Fsp3) is 0.571. The van der Waals surface area contributed by atoms with Crippen molar-refractivity contribution in [2.75, 3.05) is 26.2 Å². The zero-order valence-corrected chi connectivity index (χ0v) is 12.7. The molecule has 6 heteroatoms. The van der Waals surface area contributed by atoms with Gasteiger partial charge in [-0.15, -0.1) is 11.3 Å². The van der Waals surface area contributed by atoms with Crippen LogP contribution in [0.5, 0.6) is 0 Å². The van der Waals surface area contributed by atoms with E-state index < -0.39 is 6.10 Å². The van der Waals surface area contributed by atoms with E-state index in [4.69, 9.17) is 0 Å². The van der Waals surface area contributed by atoms with E-state index in [9.17, 15) is 14.7 Å². The number of carbonyl (C=O) groups excluding carboxylic acids is 2. The molecule has 110 valence electrons. The first-order valence-electron chi connectivity index (χ1n) is 6.70. The Kier molecular flexibility index (Phi) is 4.91. The molecule has 1 atom stereocenters. The van der Waals surface area contributed by atoms with Gasteiger partial charge >= 0.3 is 0 Å². The summed E-state index contributed by atoms with van der Waals surface area (Å²) in [5.74, 6) is 0.0835. The second-order valence-electron chi connectivity index (χ2n) is 5.23. The standard InChI is InChI=1S/C14H20N2O3S/c1-10(17)14-5-12(9-20-14)6-15-3-4-16(11(2)18)8-13(19)7-15/h5,9,13,19H,3-4,6-8H2,1-2H3/t13-/m1/s1. The van der Waals surface area contributed by atoms with E-state index in [1.165, 1.54) is 18.3 Å². The van der Waals surface area contributed by atoms with Crippen LogP contribution in [0.2, 0.25) is 0 Å². The minimum atomic E-state index is -0.521. The lowest BCUT2D eigenvalue weighted by atomic mass is 10.2. The quantitative estimate of drug-likeness (QED) is 0.845. The zero-order valence-electron chi connectivity index (χ0n) is 11.8.